The van der Waals surface area contributed by atoms with E-state index in [2.05, 4.69) is 12.2 Å². The van der Waals surface area contributed by atoms with Crippen molar-refractivity contribution < 1.29 is 19.5 Å². The quantitative estimate of drug-likeness (QED) is 0.616. The fourth-order valence-corrected chi connectivity index (χ4v) is 4.96. The Balaban J connectivity index is 1.65. The Bertz CT molecular complexity index is 524. The fourth-order valence-electron chi connectivity index (χ4n) is 4.96. The van der Waals surface area contributed by atoms with E-state index in [-0.39, 0.29) is 35.5 Å². The number of likely N-dealkylation sites (tertiary alicyclic amines) is 1. The second-order valence-corrected chi connectivity index (χ2v) is 6.84. The number of rotatable bonds is 2. The van der Waals surface area contributed by atoms with Crippen LogP contribution in [0.15, 0.2) is 12.2 Å². The molecule has 5 nitrogen and oxygen atoms in total. The minimum atomic E-state index is -0.876. The summed E-state index contributed by atoms with van der Waals surface area (Å²) < 4.78 is 0. The average Bonchev–Trinajstić information content (AvgIpc) is 3.13. The molecule has 2 amide bonds. The number of amides is 2. The van der Waals surface area contributed by atoms with Gasteiger partial charge in [0, 0.05) is 0 Å². The third-order valence-corrected chi connectivity index (χ3v) is 5.88. The number of fused-ring (bicyclic) bond motifs is 5. The van der Waals surface area contributed by atoms with Gasteiger partial charge in [0.2, 0.25) is 11.8 Å². The molecule has 1 aliphatic heterocycles. The molecule has 3 aliphatic carbocycles. The minimum absolute atomic E-state index is 0.111. The Morgan fingerprint density at radius 2 is 1.62 bits per heavy atom. The highest BCUT2D eigenvalue weighted by Crippen LogP contribution is 2.53. The maximum Gasteiger partial charge on any atom is 0.308 e. The predicted octanol–water partition coefficient (Wildman–Crippen LogP) is 1.44. The van der Waals surface area contributed by atoms with Crippen LogP contribution in [-0.2, 0) is 14.4 Å². The van der Waals surface area contributed by atoms with E-state index in [4.69, 9.17) is 0 Å². The Hall–Kier alpha value is -1.65. The van der Waals surface area contributed by atoms with E-state index >= 15 is 0 Å². The van der Waals surface area contributed by atoms with Crippen LogP contribution < -0.4 is 0 Å². The number of imide groups is 1. The first kappa shape index (κ1) is 13.0. The summed E-state index contributed by atoms with van der Waals surface area (Å²) in [5.74, 6) is -1.75. The molecule has 3 fully saturated rings. The van der Waals surface area contributed by atoms with E-state index < -0.39 is 17.9 Å². The van der Waals surface area contributed by atoms with Gasteiger partial charge in [-0.3, -0.25) is 19.3 Å². The van der Waals surface area contributed by atoms with Crippen molar-refractivity contribution in [3.63, 3.8) is 0 Å². The number of hydrogen-bond donors (Lipinski definition) is 1. The first-order valence-corrected chi connectivity index (χ1v) is 7.87. The predicted molar refractivity (Wildman–Crippen MR) is 73.0 cm³/mol. The number of carboxylic acids is 1. The molecule has 2 saturated carbocycles. The van der Waals surface area contributed by atoms with Gasteiger partial charge in [-0.25, -0.2) is 0 Å². The van der Waals surface area contributed by atoms with Crippen LogP contribution in [0.4, 0.5) is 0 Å². The Morgan fingerprint density at radius 3 is 2.19 bits per heavy atom. The van der Waals surface area contributed by atoms with Crippen molar-refractivity contribution in [2.75, 3.05) is 0 Å². The van der Waals surface area contributed by atoms with Crippen LogP contribution in [0.1, 0.15) is 32.1 Å². The summed E-state index contributed by atoms with van der Waals surface area (Å²) in [5.41, 5.74) is 0. The summed E-state index contributed by atoms with van der Waals surface area (Å²) in [7, 11) is 0. The molecule has 1 saturated heterocycles. The van der Waals surface area contributed by atoms with Gasteiger partial charge in [-0.05, 0) is 31.1 Å². The maximum atomic E-state index is 12.7. The first-order valence-electron chi connectivity index (χ1n) is 7.87. The van der Waals surface area contributed by atoms with E-state index in [0.29, 0.717) is 12.8 Å². The highest BCUT2D eigenvalue weighted by atomic mass is 16.4. The largest absolute Gasteiger partial charge is 0.481 e. The summed E-state index contributed by atoms with van der Waals surface area (Å²) in [6.45, 7) is 0. The van der Waals surface area contributed by atoms with Crippen molar-refractivity contribution in [3.8, 4) is 0 Å². The Kier molecular flexibility index (Phi) is 2.75. The molecule has 4 rings (SSSR count). The molecule has 6 atom stereocenters. The fraction of sp³-hybridized carbons (Fsp3) is 0.688. The molecule has 0 spiro atoms. The van der Waals surface area contributed by atoms with Crippen LogP contribution in [-0.4, -0.2) is 33.8 Å². The van der Waals surface area contributed by atoms with Crippen molar-refractivity contribution >= 4 is 17.8 Å². The highest BCUT2D eigenvalue weighted by Gasteiger charge is 2.61. The molecule has 6 unspecified atom stereocenters. The number of carbonyl (C=O) groups excluding carboxylic acids is 2. The van der Waals surface area contributed by atoms with Crippen LogP contribution in [0.3, 0.4) is 0 Å². The van der Waals surface area contributed by atoms with Gasteiger partial charge >= 0.3 is 5.97 Å². The van der Waals surface area contributed by atoms with E-state index in [1.54, 1.807) is 0 Å². The first-order chi connectivity index (χ1) is 10.1. The van der Waals surface area contributed by atoms with Crippen molar-refractivity contribution in [3.05, 3.63) is 12.2 Å². The third-order valence-electron chi connectivity index (χ3n) is 5.88. The monoisotopic (exact) mass is 289 g/mol. The van der Waals surface area contributed by atoms with Gasteiger partial charge in [0.15, 0.2) is 0 Å². The van der Waals surface area contributed by atoms with E-state index in [1.807, 2.05) is 0 Å². The molecule has 0 aromatic heterocycles. The summed E-state index contributed by atoms with van der Waals surface area (Å²) in [5, 5.41) is 9.40. The van der Waals surface area contributed by atoms with E-state index in [1.165, 1.54) is 4.90 Å². The van der Waals surface area contributed by atoms with Crippen molar-refractivity contribution in [2.45, 2.75) is 38.1 Å². The van der Waals surface area contributed by atoms with Crippen LogP contribution >= 0.6 is 0 Å². The summed E-state index contributed by atoms with van der Waals surface area (Å²) in [6.07, 6.45) is 8.00. The second-order valence-electron chi connectivity index (χ2n) is 6.84. The van der Waals surface area contributed by atoms with E-state index in [0.717, 1.165) is 19.3 Å². The van der Waals surface area contributed by atoms with Crippen LogP contribution in [0.2, 0.25) is 0 Å². The Morgan fingerprint density at radius 1 is 1.05 bits per heavy atom. The number of allylic oxidation sites excluding steroid dienone is 2. The standard InChI is InChI=1S/C16H19NO4/c18-14-12-8-5-6-9(7-8)13(12)15(19)17(14)11-4-2-1-3-10(11)16(20)21/h5-6,8-13H,1-4,7H2,(H,20,21). The lowest BCUT2D eigenvalue weighted by atomic mass is 9.83. The molecule has 2 bridgehead atoms. The molecule has 0 aromatic carbocycles. The zero-order valence-electron chi connectivity index (χ0n) is 11.8. The number of aliphatic carboxylic acids is 1. The molecule has 112 valence electrons. The molecular formula is C16H19NO4. The zero-order chi connectivity index (χ0) is 14.7. The number of nitrogens with zero attached hydrogens (tertiary/aromatic N) is 1. The van der Waals surface area contributed by atoms with Crippen LogP contribution in [0.25, 0.3) is 0 Å². The van der Waals surface area contributed by atoms with Gasteiger partial charge in [0.1, 0.15) is 0 Å². The van der Waals surface area contributed by atoms with E-state index in [9.17, 15) is 19.5 Å². The number of hydrogen-bond acceptors (Lipinski definition) is 3. The molecule has 1 N–H and O–H groups in total. The molecule has 4 aliphatic rings. The smallest absolute Gasteiger partial charge is 0.308 e. The normalized spacial score (nSPS) is 44.5. The SMILES string of the molecule is O=C(O)C1CCCCC1N1C(=O)C2C3C=CC(C3)C2C1=O. The van der Waals surface area contributed by atoms with Crippen molar-refractivity contribution in [2.24, 2.45) is 29.6 Å². The van der Waals surface area contributed by atoms with Crippen molar-refractivity contribution in [1.82, 2.24) is 4.90 Å². The molecule has 0 radical (unpaired) electrons. The highest BCUT2D eigenvalue weighted by molar-refractivity contribution is 6.07. The number of carbonyl (C=O) groups is 3. The summed E-state index contributed by atoms with van der Waals surface area (Å²) >= 11 is 0. The molecule has 5 heteroatoms. The van der Waals surface area contributed by atoms with Gasteiger partial charge in [-0.2, -0.15) is 0 Å². The third kappa shape index (κ3) is 1.66. The molecule has 1 heterocycles. The lowest BCUT2D eigenvalue weighted by Crippen LogP contribution is -2.49. The molecular weight excluding hydrogens is 270 g/mol. The van der Waals surface area contributed by atoms with Crippen LogP contribution in [0, 0.1) is 29.6 Å². The lowest BCUT2D eigenvalue weighted by molar-refractivity contribution is -0.152. The molecule has 21 heavy (non-hydrogen) atoms. The second kappa shape index (κ2) is 4.42. The minimum Gasteiger partial charge on any atom is -0.481 e. The Labute approximate surface area is 123 Å². The lowest BCUT2D eigenvalue weighted by Gasteiger charge is -2.35. The number of carboxylic acid groups (broad SMARTS) is 1. The van der Waals surface area contributed by atoms with Gasteiger partial charge in [-0.15, -0.1) is 0 Å². The van der Waals surface area contributed by atoms with Crippen molar-refractivity contribution in [1.29, 1.82) is 0 Å². The van der Waals surface area contributed by atoms with Gasteiger partial charge < -0.3 is 5.11 Å². The van der Waals surface area contributed by atoms with Gasteiger partial charge in [0.25, 0.3) is 0 Å². The van der Waals surface area contributed by atoms with Gasteiger partial charge in [0.05, 0.1) is 23.8 Å². The van der Waals surface area contributed by atoms with Crippen LogP contribution in [0.5, 0.6) is 0 Å². The average molecular weight is 289 g/mol. The van der Waals surface area contributed by atoms with Gasteiger partial charge in [-0.1, -0.05) is 25.0 Å². The summed E-state index contributed by atoms with van der Waals surface area (Å²) in [6, 6.07) is -0.429. The topological polar surface area (TPSA) is 74.7 Å². The summed E-state index contributed by atoms with van der Waals surface area (Å²) in [4.78, 5) is 38.3. The zero-order valence-corrected chi connectivity index (χ0v) is 11.8. The molecule has 0 aromatic rings. The maximum absolute atomic E-state index is 12.7.